The van der Waals surface area contributed by atoms with Crippen molar-refractivity contribution in [2.75, 3.05) is 27.4 Å². The summed E-state index contributed by atoms with van der Waals surface area (Å²) in [5.74, 6) is 1.56. The fourth-order valence-electron chi connectivity index (χ4n) is 5.06. The minimum Gasteiger partial charge on any atom is -0.493 e. The number of halogens is 2. The molecule has 0 saturated heterocycles. The maximum atomic E-state index is 14.2. The SMILES string of the molecule is CCOC(=O)C1=C(C)N=c2s/c(=C/c3ccc(OCc4ccc(Br)cc4)c(OC)c3)c(=O)n2[C@@H]1c1cc(OC)c(OCC)cc1Br. The molecular weight excluding hydrogens is 740 g/mol. The number of esters is 1. The van der Waals surface area contributed by atoms with Crippen LogP contribution in [0.15, 0.2) is 84.6 Å². The van der Waals surface area contributed by atoms with Crippen molar-refractivity contribution < 1.29 is 28.5 Å². The smallest absolute Gasteiger partial charge is 0.338 e. The first-order chi connectivity index (χ1) is 22.2. The normalized spacial score (nSPS) is 14.4. The van der Waals surface area contributed by atoms with Gasteiger partial charge >= 0.3 is 5.97 Å². The molecule has 0 amide bonds. The lowest BCUT2D eigenvalue weighted by Gasteiger charge is -2.26. The molecule has 2 heterocycles. The Morgan fingerprint density at radius 1 is 0.935 bits per heavy atom. The van der Waals surface area contributed by atoms with Crippen molar-refractivity contribution >= 4 is 55.2 Å². The molecule has 3 aromatic carbocycles. The van der Waals surface area contributed by atoms with E-state index < -0.39 is 12.0 Å². The molecule has 0 unspecified atom stereocenters. The summed E-state index contributed by atoms with van der Waals surface area (Å²) in [4.78, 5) is 32.6. The molecule has 1 atom stereocenters. The zero-order valence-electron chi connectivity index (χ0n) is 25.9. The van der Waals surface area contributed by atoms with Crippen LogP contribution in [0.3, 0.4) is 0 Å². The van der Waals surface area contributed by atoms with Crippen LogP contribution >= 0.6 is 43.2 Å². The molecule has 1 aliphatic rings. The Morgan fingerprint density at radius 3 is 2.33 bits per heavy atom. The van der Waals surface area contributed by atoms with Crippen LogP contribution in [0.25, 0.3) is 6.08 Å². The summed E-state index contributed by atoms with van der Waals surface area (Å²) in [5, 5.41) is 0. The second kappa shape index (κ2) is 14.7. The van der Waals surface area contributed by atoms with Gasteiger partial charge in [-0.2, -0.15) is 0 Å². The van der Waals surface area contributed by atoms with Gasteiger partial charge in [0.15, 0.2) is 27.8 Å². The van der Waals surface area contributed by atoms with Crippen LogP contribution in [0, 0.1) is 0 Å². The maximum absolute atomic E-state index is 14.2. The van der Waals surface area contributed by atoms with Gasteiger partial charge in [-0.15, -0.1) is 0 Å². The quantitative estimate of drug-likeness (QED) is 0.165. The van der Waals surface area contributed by atoms with E-state index >= 15 is 0 Å². The Morgan fingerprint density at radius 2 is 1.65 bits per heavy atom. The number of fused-ring (bicyclic) bond motifs is 1. The molecule has 1 aromatic heterocycles. The van der Waals surface area contributed by atoms with Gasteiger partial charge in [0.05, 0.1) is 49.3 Å². The summed E-state index contributed by atoms with van der Waals surface area (Å²) in [5.41, 5.74) is 2.79. The van der Waals surface area contributed by atoms with E-state index in [0.29, 0.717) is 61.3 Å². The number of carbonyl (C=O) groups is 1. The number of hydrogen-bond acceptors (Lipinski definition) is 9. The van der Waals surface area contributed by atoms with Gasteiger partial charge in [-0.05, 0) is 79.9 Å². The number of aromatic nitrogens is 1. The summed E-state index contributed by atoms with van der Waals surface area (Å²) < 4.78 is 32.0. The van der Waals surface area contributed by atoms with Crippen molar-refractivity contribution in [3.8, 4) is 23.0 Å². The Labute approximate surface area is 287 Å². The summed E-state index contributed by atoms with van der Waals surface area (Å²) in [7, 11) is 3.11. The van der Waals surface area contributed by atoms with Crippen molar-refractivity contribution in [2.45, 2.75) is 33.4 Å². The molecule has 5 rings (SSSR count). The minimum absolute atomic E-state index is 0.172. The molecule has 0 N–H and O–H groups in total. The third-order valence-corrected chi connectivity index (χ3v) is 9.39. The molecule has 4 aromatic rings. The molecule has 1 aliphatic heterocycles. The third kappa shape index (κ3) is 6.93. The van der Waals surface area contributed by atoms with E-state index in [1.54, 1.807) is 46.3 Å². The number of methoxy groups -OCH3 is 2. The van der Waals surface area contributed by atoms with Crippen molar-refractivity contribution in [3.05, 3.63) is 111 Å². The Balaban J connectivity index is 1.59. The number of thiazole rings is 1. The average molecular weight is 773 g/mol. The van der Waals surface area contributed by atoms with E-state index in [1.165, 1.54) is 15.9 Å². The molecule has 46 heavy (non-hydrogen) atoms. The van der Waals surface area contributed by atoms with Crippen molar-refractivity contribution in [3.63, 3.8) is 0 Å². The molecule has 0 aliphatic carbocycles. The average Bonchev–Trinajstić information content (AvgIpc) is 3.34. The van der Waals surface area contributed by atoms with Crippen LogP contribution in [0.1, 0.15) is 43.5 Å². The van der Waals surface area contributed by atoms with E-state index in [-0.39, 0.29) is 17.7 Å². The largest absolute Gasteiger partial charge is 0.493 e. The zero-order valence-corrected chi connectivity index (χ0v) is 29.9. The summed E-state index contributed by atoms with van der Waals surface area (Å²) in [6, 6.07) is 16.1. The van der Waals surface area contributed by atoms with E-state index in [1.807, 2.05) is 49.4 Å². The van der Waals surface area contributed by atoms with Crippen molar-refractivity contribution in [2.24, 2.45) is 4.99 Å². The first-order valence-corrected chi connectivity index (χ1v) is 16.8. The van der Waals surface area contributed by atoms with Crippen molar-refractivity contribution in [1.82, 2.24) is 4.57 Å². The van der Waals surface area contributed by atoms with E-state index in [2.05, 4.69) is 36.9 Å². The third-order valence-electron chi connectivity index (χ3n) is 7.19. The van der Waals surface area contributed by atoms with Crippen LogP contribution < -0.4 is 33.8 Å². The zero-order chi connectivity index (χ0) is 33.0. The van der Waals surface area contributed by atoms with Gasteiger partial charge in [-0.1, -0.05) is 61.4 Å². The van der Waals surface area contributed by atoms with Crippen molar-refractivity contribution in [1.29, 1.82) is 0 Å². The number of rotatable bonds is 11. The van der Waals surface area contributed by atoms with Crippen LogP contribution in [0.5, 0.6) is 23.0 Å². The highest BCUT2D eigenvalue weighted by molar-refractivity contribution is 9.10. The fraction of sp³-hybridized carbons (Fsp3) is 0.265. The highest BCUT2D eigenvalue weighted by atomic mass is 79.9. The molecular formula is C34H32Br2N2O7S. The highest BCUT2D eigenvalue weighted by Gasteiger charge is 2.35. The Hall–Kier alpha value is -3.87. The number of carbonyl (C=O) groups excluding carboxylic acids is 1. The minimum atomic E-state index is -0.833. The summed E-state index contributed by atoms with van der Waals surface area (Å²) >= 11 is 8.33. The predicted molar refractivity (Wildman–Crippen MR) is 184 cm³/mol. The molecule has 9 nitrogen and oxygen atoms in total. The first-order valence-electron chi connectivity index (χ1n) is 14.4. The molecule has 0 radical (unpaired) electrons. The fourth-order valence-corrected chi connectivity index (χ4v) is 6.91. The molecule has 0 fully saturated rings. The lowest BCUT2D eigenvalue weighted by Crippen LogP contribution is -2.40. The Kier molecular flexibility index (Phi) is 10.7. The molecule has 12 heteroatoms. The molecule has 240 valence electrons. The van der Waals surface area contributed by atoms with Crippen LogP contribution in [-0.4, -0.2) is 38.0 Å². The second-order valence-corrected chi connectivity index (χ2v) is 12.9. The maximum Gasteiger partial charge on any atom is 0.338 e. The van der Waals surface area contributed by atoms with Gasteiger partial charge in [-0.3, -0.25) is 9.36 Å². The summed E-state index contributed by atoms with van der Waals surface area (Å²) in [6.07, 6.45) is 1.78. The van der Waals surface area contributed by atoms with Crippen LogP contribution in [0.2, 0.25) is 0 Å². The second-order valence-electron chi connectivity index (χ2n) is 10.1. The molecule has 0 saturated carbocycles. The standard InChI is InChI=1S/C34H32Br2N2O7S/c1-6-43-28-17-24(36)23(16-27(28)42-5)31-30(33(40)44-7-2)19(3)37-34-38(31)32(39)29(46-34)15-21-10-13-25(26(14-21)41-4)45-18-20-8-11-22(35)12-9-20/h8-17,31H,6-7,18H2,1-5H3/b29-15+/t31-/m1/s1. The van der Waals surface area contributed by atoms with E-state index in [9.17, 15) is 9.59 Å². The number of nitrogens with zero attached hydrogens (tertiary/aromatic N) is 2. The Bertz CT molecular complexity index is 1980. The van der Waals surface area contributed by atoms with Gasteiger partial charge in [0, 0.05) is 8.95 Å². The topological polar surface area (TPSA) is 97.6 Å². The van der Waals surface area contributed by atoms with Gasteiger partial charge < -0.3 is 23.7 Å². The lowest BCUT2D eigenvalue weighted by atomic mass is 9.95. The van der Waals surface area contributed by atoms with Crippen LogP contribution in [-0.2, 0) is 16.1 Å². The monoisotopic (exact) mass is 770 g/mol. The predicted octanol–water partition coefficient (Wildman–Crippen LogP) is 6.32. The summed E-state index contributed by atoms with van der Waals surface area (Å²) in [6.45, 7) is 6.34. The van der Waals surface area contributed by atoms with Gasteiger partial charge in [0.25, 0.3) is 5.56 Å². The van der Waals surface area contributed by atoms with E-state index in [0.717, 1.165) is 15.6 Å². The molecule has 0 spiro atoms. The number of allylic oxidation sites excluding steroid dienone is 1. The van der Waals surface area contributed by atoms with Crippen LogP contribution in [0.4, 0.5) is 0 Å². The van der Waals surface area contributed by atoms with E-state index in [4.69, 9.17) is 23.7 Å². The number of hydrogen-bond donors (Lipinski definition) is 0. The number of ether oxygens (including phenoxy) is 5. The first kappa shape index (κ1) is 33.5. The van der Waals surface area contributed by atoms with Gasteiger partial charge in [0.2, 0.25) is 0 Å². The highest BCUT2D eigenvalue weighted by Crippen LogP contribution is 2.41. The lowest BCUT2D eigenvalue weighted by molar-refractivity contribution is -0.139. The molecule has 0 bridgehead atoms. The van der Waals surface area contributed by atoms with Gasteiger partial charge in [0.1, 0.15) is 6.61 Å². The number of benzene rings is 3. The van der Waals surface area contributed by atoms with Gasteiger partial charge in [-0.25, -0.2) is 9.79 Å².